The molecule has 0 aliphatic heterocycles. The Labute approximate surface area is 90.4 Å². The average Bonchev–Trinajstić information content (AvgIpc) is 2.54. The van der Waals surface area contributed by atoms with Crippen LogP contribution < -0.4 is 11.2 Å². The topological polar surface area (TPSA) is 60.1 Å². The van der Waals surface area contributed by atoms with Crippen molar-refractivity contribution in [2.75, 3.05) is 5.43 Å². The van der Waals surface area contributed by atoms with Gasteiger partial charge in [0.25, 0.3) is 0 Å². The van der Waals surface area contributed by atoms with Crippen molar-refractivity contribution in [3.63, 3.8) is 0 Å². The molecule has 15 heavy (non-hydrogen) atoms. The van der Waals surface area contributed by atoms with Crippen molar-refractivity contribution in [1.29, 1.82) is 0 Å². The number of amides is 1. The van der Waals surface area contributed by atoms with Crippen molar-refractivity contribution < 1.29 is 4.79 Å². The molecule has 4 nitrogen and oxygen atoms in total. The van der Waals surface area contributed by atoms with Gasteiger partial charge in [-0.1, -0.05) is 20.8 Å². The van der Waals surface area contributed by atoms with E-state index in [2.05, 4.69) is 5.43 Å². The van der Waals surface area contributed by atoms with Crippen LogP contribution in [0, 0.1) is 5.41 Å². The van der Waals surface area contributed by atoms with E-state index in [4.69, 9.17) is 5.73 Å². The summed E-state index contributed by atoms with van der Waals surface area (Å²) in [5.74, 6) is -0.0615. The first kappa shape index (κ1) is 11.8. The fourth-order valence-electron chi connectivity index (χ4n) is 1.10. The summed E-state index contributed by atoms with van der Waals surface area (Å²) in [7, 11) is 0. The van der Waals surface area contributed by atoms with Crippen LogP contribution in [0.5, 0.6) is 0 Å². The zero-order chi connectivity index (χ0) is 11.5. The SMILES string of the molecule is CC(C)(C)C(N)CC(=O)Nn1cccc1. The highest BCUT2D eigenvalue weighted by molar-refractivity contribution is 5.84. The van der Waals surface area contributed by atoms with Gasteiger partial charge in [-0.15, -0.1) is 0 Å². The summed E-state index contributed by atoms with van der Waals surface area (Å²) in [5, 5.41) is 0. The van der Waals surface area contributed by atoms with E-state index in [1.165, 1.54) is 0 Å². The van der Waals surface area contributed by atoms with Crippen LogP contribution in [-0.4, -0.2) is 16.6 Å². The normalized spacial score (nSPS) is 13.6. The maximum atomic E-state index is 11.6. The Morgan fingerprint density at radius 3 is 2.40 bits per heavy atom. The summed E-state index contributed by atoms with van der Waals surface area (Å²) in [5.41, 5.74) is 8.59. The van der Waals surface area contributed by atoms with E-state index >= 15 is 0 Å². The minimum Gasteiger partial charge on any atom is -0.327 e. The van der Waals surface area contributed by atoms with Gasteiger partial charge in [-0.2, -0.15) is 0 Å². The van der Waals surface area contributed by atoms with Gasteiger partial charge in [0.2, 0.25) is 5.91 Å². The van der Waals surface area contributed by atoms with Gasteiger partial charge in [-0.25, -0.2) is 0 Å². The molecule has 4 heteroatoms. The second-order valence-corrected chi connectivity index (χ2v) is 4.80. The number of aromatic nitrogens is 1. The summed E-state index contributed by atoms with van der Waals surface area (Å²) in [6.07, 6.45) is 3.89. The van der Waals surface area contributed by atoms with Crippen molar-refractivity contribution in [1.82, 2.24) is 4.68 Å². The molecule has 0 radical (unpaired) electrons. The van der Waals surface area contributed by atoms with Gasteiger partial charge in [0.15, 0.2) is 0 Å². The lowest BCUT2D eigenvalue weighted by molar-refractivity contribution is -0.117. The largest absolute Gasteiger partial charge is 0.327 e. The molecule has 0 aliphatic carbocycles. The second kappa shape index (κ2) is 4.49. The fraction of sp³-hybridized carbons (Fsp3) is 0.545. The zero-order valence-electron chi connectivity index (χ0n) is 9.53. The number of hydrogen-bond donors (Lipinski definition) is 2. The minimum atomic E-state index is -0.131. The Balaban J connectivity index is 2.43. The van der Waals surface area contributed by atoms with E-state index in [1.807, 2.05) is 32.9 Å². The van der Waals surface area contributed by atoms with E-state index in [0.717, 1.165) is 0 Å². The second-order valence-electron chi connectivity index (χ2n) is 4.80. The highest BCUT2D eigenvalue weighted by atomic mass is 16.2. The Hall–Kier alpha value is -1.29. The Bertz CT molecular complexity index is 311. The summed E-state index contributed by atoms with van der Waals surface area (Å²) < 4.78 is 1.62. The van der Waals surface area contributed by atoms with Gasteiger partial charge in [-0.05, 0) is 17.5 Å². The molecular formula is C11H19N3O. The molecule has 0 saturated carbocycles. The molecular weight excluding hydrogens is 190 g/mol. The van der Waals surface area contributed by atoms with Crippen molar-refractivity contribution in [2.24, 2.45) is 11.1 Å². The molecule has 0 bridgehead atoms. The molecule has 1 aromatic heterocycles. The standard InChI is InChI=1S/C11H19N3O/c1-11(2,3)9(12)8-10(15)13-14-6-4-5-7-14/h4-7,9H,8,12H2,1-3H3,(H,13,15). The van der Waals surface area contributed by atoms with Crippen LogP contribution in [-0.2, 0) is 4.79 Å². The fourth-order valence-corrected chi connectivity index (χ4v) is 1.10. The molecule has 0 aromatic carbocycles. The van der Waals surface area contributed by atoms with E-state index in [-0.39, 0.29) is 17.4 Å². The van der Waals surface area contributed by atoms with Gasteiger partial charge >= 0.3 is 0 Å². The molecule has 0 spiro atoms. The van der Waals surface area contributed by atoms with Crippen LogP contribution in [0.4, 0.5) is 0 Å². The maximum Gasteiger partial charge on any atom is 0.240 e. The highest BCUT2D eigenvalue weighted by Gasteiger charge is 2.23. The minimum absolute atomic E-state index is 0.0476. The number of nitrogens with zero attached hydrogens (tertiary/aromatic N) is 1. The molecule has 1 aromatic rings. The van der Waals surface area contributed by atoms with Crippen LogP contribution in [0.2, 0.25) is 0 Å². The van der Waals surface area contributed by atoms with Crippen LogP contribution in [0.3, 0.4) is 0 Å². The van der Waals surface area contributed by atoms with Gasteiger partial charge in [-0.3, -0.25) is 14.9 Å². The average molecular weight is 209 g/mol. The molecule has 84 valence electrons. The van der Waals surface area contributed by atoms with Crippen molar-refractivity contribution in [3.05, 3.63) is 24.5 Å². The van der Waals surface area contributed by atoms with Crippen LogP contribution >= 0.6 is 0 Å². The number of hydrogen-bond acceptors (Lipinski definition) is 2. The third kappa shape index (κ3) is 3.75. The number of carbonyl (C=O) groups excluding carboxylic acids is 1. The summed E-state index contributed by atoms with van der Waals surface area (Å²) in [4.78, 5) is 11.6. The van der Waals surface area contributed by atoms with Crippen molar-refractivity contribution >= 4 is 5.91 Å². The zero-order valence-corrected chi connectivity index (χ0v) is 9.53. The van der Waals surface area contributed by atoms with Crippen molar-refractivity contribution in [3.8, 4) is 0 Å². The lowest BCUT2D eigenvalue weighted by Crippen LogP contribution is -2.39. The number of nitrogens with one attached hydrogen (secondary N) is 1. The molecule has 1 amide bonds. The summed E-state index contributed by atoms with van der Waals surface area (Å²) >= 11 is 0. The summed E-state index contributed by atoms with van der Waals surface area (Å²) in [6.45, 7) is 6.09. The summed E-state index contributed by atoms with van der Waals surface area (Å²) in [6, 6.07) is 3.57. The first-order valence-electron chi connectivity index (χ1n) is 5.08. The molecule has 1 atom stereocenters. The molecule has 3 N–H and O–H groups in total. The number of rotatable bonds is 3. The predicted octanol–water partition coefficient (Wildman–Crippen LogP) is 1.32. The molecule has 0 saturated heterocycles. The Morgan fingerprint density at radius 1 is 1.40 bits per heavy atom. The lowest BCUT2D eigenvalue weighted by Gasteiger charge is -2.26. The number of carbonyl (C=O) groups is 1. The first-order chi connectivity index (χ1) is 6.89. The van der Waals surface area contributed by atoms with Crippen LogP contribution in [0.1, 0.15) is 27.2 Å². The van der Waals surface area contributed by atoms with Gasteiger partial charge in [0, 0.05) is 24.9 Å². The van der Waals surface area contributed by atoms with Crippen molar-refractivity contribution in [2.45, 2.75) is 33.2 Å². The Morgan fingerprint density at radius 2 is 1.93 bits per heavy atom. The van der Waals surface area contributed by atoms with Crippen LogP contribution in [0.25, 0.3) is 0 Å². The molecule has 0 aliphatic rings. The molecule has 0 fully saturated rings. The van der Waals surface area contributed by atoms with Crippen LogP contribution in [0.15, 0.2) is 24.5 Å². The first-order valence-corrected chi connectivity index (χ1v) is 5.08. The van der Waals surface area contributed by atoms with E-state index in [1.54, 1.807) is 17.1 Å². The smallest absolute Gasteiger partial charge is 0.240 e. The van der Waals surface area contributed by atoms with E-state index in [0.29, 0.717) is 6.42 Å². The van der Waals surface area contributed by atoms with Gasteiger partial charge < -0.3 is 5.73 Å². The van der Waals surface area contributed by atoms with E-state index < -0.39 is 0 Å². The van der Waals surface area contributed by atoms with Gasteiger partial charge in [0.1, 0.15) is 0 Å². The van der Waals surface area contributed by atoms with E-state index in [9.17, 15) is 4.79 Å². The molecule has 1 rings (SSSR count). The monoisotopic (exact) mass is 209 g/mol. The number of nitrogens with two attached hydrogens (primary N) is 1. The predicted molar refractivity (Wildman–Crippen MR) is 60.8 cm³/mol. The quantitative estimate of drug-likeness (QED) is 0.788. The molecule has 1 heterocycles. The van der Waals surface area contributed by atoms with Gasteiger partial charge in [0.05, 0.1) is 0 Å². The third-order valence-electron chi connectivity index (χ3n) is 2.38. The lowest BCUT2D eigenvalue weighted by atomic mass is 9.85. The Kier molecular flexibility index (Phi) is 3.52. The third-order valence-corrected chi connectivity index (χ3v) is 2.38. The highest BCUT2D eigenvalue weighted by Crippen LogP contribution is 2.19. The molecule has 1 unspecified atom stereocenters. The maximum absolute atomic E-state index is 11.6.